The van der Waals surface area contributed by atoms with Gasteiger partial charge in [0.25, 0.3) is 5.91 Å². The Balaban J connectivity index is 1.96. The largest absolute Gasteiger partial charge is 0.339 e. The lowest BCUT2D eigenvalue weighted by Gasteiger charge is -2.19. The molecule has 4 nitrogen and oxygen atoms in total. The van der Waals surface area contributed by atoms with Crippen molar-refractivity contribution in [1.29, 1.82) is 0 Å². The van der Waals surface area contributed by atoms with Crippen LogP contribution < -0.4 is 5.32 Å². The SMILES string of the molecule is CCN(CC)C(=O)c1cccc(NC(=O)CSc2cccs2)c1. The van der Waals surface area contributed by atoms with Gasteiger partial charge < -0.3 is 10.2 Å². The second-order valence-corrected chi connectivity index (χ2v) is 7.05. The van der Waals surface area contributed by atoms with E-state index in [9.17, 15) is 9.59 Å². The highest BCUT2D eigenvalue weighted by atomic mass is 32.2. The fraction of sp³-hybridized carbons (Fsp3) is 0.294. The van der Waals surface area contributed by atoms with E-state index >= 15 is 0 Å². The van der Waals surface area contributed by atoms with Crippen LogP contribution in [0.4, 0.5) is 5.69 Å². The van der Waals surface area contributed by atoms with Gasteiger partial charge in [-0.3, -0.25) is 9.59 Å². The molecular formula is C17H20N2O2S2. The highest BCUT2D eigenvalue weighted by Crippen LogP contribution is 2.23. The van der Waals surface area contributed by atoms with Crippen LogP contribution in [0.2, 0.25) is 0 Å². The van der Waals surface area contributed by atoms with Crippen molar-refractivity contribution >= 4 is 40.6 Å². The first-order chi connectivity index (χ1) is 11.1. The van der Waals surface area contributed by atoms with Gasteiger partial charge in [-0.2, -0.15) is 0 Å². The summed E-state index contributed by atoms with van der Waals surface area (Å²) in [5.74, 6) is 0.268. The number of carbonyl (C=O) groups excluding carboxylic acids is 2. The molecule has 2 rings (SSSR count). The molecule has 0 radical (unpaired) electrons. The number of hydrogen-bond donors (Lipinski definition) is 1. The zero-order valence-corrected chi connectivity index (χ0v) is 14.9. The highest BCUT2D eigenvalue weighted by Gasteiger charge is 2.13. The number of anilines is 1. The summed E-state index contributed by atoms with van der Waals surface area (Å²) >= 11 is 3.13. The molecule has 0 aliphatic heterocycles. The predicted octanol–water partition coefficient (Wildman–Crippen LogP) is 3.96. The molecule has 2 aromatic rings. The quantitative estimate of drug-likeness (QED) is 0.771. The molecule has 0 fully saturated rings. The first kappa shape index (κ1) is 17.6. The number of thioether (sulfide) groups is 1. The van der Waals surface area contributed by atoms with E-state index in [4.69, 9.17) is 0 Å². The number of thiophene rings is 1. The van der Waals surface area contributed by atoms with Crippen molar-refractivity contribution in [1.82, 2.24) is 4.90 Å². The molecule has 1 aromatic heterocycles. The maximum absolute atomic E-state index is 12.3. The smallest absolute Gasteiger partial charge is 0.253 e. The van der Waals surface area contributed by atoms with Gasteiger partial charge in [0.2, 0.25) is 5.91 Å². The normalized spacial score (nSPS) is 10.3. The third-order valence-electron chi connectivity index (χ3n) is 3.28. The summed E-state index contributed by atoms with van der Waals surface area (Å²) in [6.45, 7) is 5.25. The predicted molar refractivity (Wildman–Crippen MR) is 97.4 cm³/mol. The lowest BCUT2D eigenvalue weighted by molar-refractivity contribution is -0.113. The molecule has 0 atom stereocenters. The van der Waals surface area contributed by atoms with Crippen molar-refractivity contribution < 1.29 is 9.59 Å². The Morgan fingerprint density at radius 1 is 1.17 bits per heavy atom. The number of rotatable bonds is 7. The summed E-state index contributed by atoms with van der Waals surface area (Å²) in [5, 5.41) is 4.84. The first-order valence-electron chi connectivity index (χ1n) is 7.49. The minimum Gasteiger partial charge on any atom is -0.339 e. The van der Waals surface area contributed by atoms with Crippen LogP contribution in [0.1, 0.15) is 24.2 Å². The van der Waals surface area contributed by atoms with Crippen LogP contribution in [0, 0.1) is 0 Å². The molecule has 0 spiro atoms. The fourth-order valence-corrected chi connectivity index (χ4v) is 3.69. The number of nitrogens with zero attached hydrogens (tertiary/aromatic N) is 1. The molecule has 0 aliphatic rings. The average molecular weight is 348 g/mol. The molecule has 0 saturated carbocycles. The molecule has 122 valence electrons. The van der Waals surface area contributed by atoms with Crippen LogP contribution in [-0.4, -0.2) is 35.6 Å². The van der Waals surface area contributed by atoms with Crippen molar-refractivity contribution in [2.45, 2.75) is 18.1 Å². The third-order valence-corrected chi connectivity index (χ3v) is 5.42. The van der Waals surface area contributed by atoms with Gasteiger partial charge in [-0.25, -0.2) is 0 Å². The third kappa shape index (κ3) is 5.11. The number of amides is 2. The average Bonchev–Trinajstić information content (AvgIpc) is 3.08. The van der Waals surface area contributed by atoms with E-state index in [0.717, 1.165) is 4.21 Å². The maximum atomic E-state index is 12.3. The number of nitrogens with one attached hydrogen (secondary N) is 1. The Kier molecular flexibility index (Phi) is 6.67. The summed E-state index contributed by atoms with van der Waals surface area (Å²) in [6, 6.07) is 11.1. The lowest BCUT2D eigenvalue weighted by Crippen LogP contribution is -2.30. The van der Waals surface area contributed by atoms with Gasteiger partial charge in [-0.15, -0.1) is 23.1 Å². The summed E-state index contributed by atoms with van der Waals surface area (Å²) in [4.78, 5) is 26.1. The molecule has 6 heteroatoms. The van der Waals surface area contributed by atoms with E-state index in [1.807, 2.05) is 31.4 Å². The van der Waals surface area contributed by atoms with Gasteiger partial charge in [-0.1, -0.05) is 12.1 Å². The number of hydrogen-bond acceptors (Lipinski definition) is 4. The van der Waals surface area contributed by atoms with Crippen LogP contribution in [0.3, 0.4) is 0 Å². The van der Waals surface area contributed by atoms with E-state index in [1.165, 1.54) is 11.8 Å². The first-order valence-corrected chi connectivity index (χ1v) is 9.36. The fourth-order valence-electron chi connectivity index (χ4n) is 2.10. The van der Waals surface area contributed by atoms with Crippen molar-refractivity contribution in [3.8, 4) is 0 Å². The van der Waals surface area contributed by atoms with Gasteiger partial charge in [0.05, 0.1) is 9.96 Å². The number of benzene rings is 1. The number of carbonyl (C=O) groups is 2. The molecule has 2 amide bonds. The van der Waals surface area contributed by atoms with E-state index in [0.29, 0.717) is 30.1 Å². The van der Waals surface area contributed by atoms with Crippen LogP contribution >= 0.6 is 23.1 Å². The molecule has 0 aliphatic carbocycles. The van der Waals surface area contributed by atoms with Crippen molar-refractivity contribution in [2.24, 2.45) is 0 Å². The summed E-state index contributed by atoms with van der Waals surface area (Å²) in [7, 11) is 0. The molecular weight excluding hydrogens is 328 g/mol. The minimum atomic E-state index is -0.0733. The molecule has 1 heterocycles. The van der Waals surface area contributed by atoms with Crippen molar-refractivity contribution in [3.63, 3.8) is 0 Å². The monoisotopic (exact) mass is 348 g/mol. The lowest BCUT2D eigenvalue weighted by atomic mass is 10.1. The zero-order chi connectivity index (χ0) is 16.7. The van der Waals surface area contributed by atoms with Crippen molar-refractivity contribution in [3.05, 3.63) is 47.3 Å². The van der Waals surface area contributed by atoms with Crippen LogP contribution in [0.15, 0.2) is 46.0 Å². The molecule has 1 aromatic carbocycles. The van der Waals surface area contributed by atoms with Crippen LogP contribution in [0.5, 0.6) is 0 Å². The Bertz CT molecular complexity index is 652. The van der Waals surface area contributed by atoms with Gasteiger partial charge in [-0.05, 0) is 43.5 Å². The van der Waals surface area contributed by atoms with E-state index in [1.54, 1.807) is 40.5 Å². The summed E-state index contributed by atoms with van der Waals surface area (Å²) in [5.41, 5.74) is 1.25. The summed E-state index contributed by atoms with van der Waals surface area (Å²) < 4.78 is 1.12. The Morgan fingerprint density at radius 2 is 1.96 bits per heavy atom. The van der Waals surface area contributed by atoms with Gasteiger partial charge in [0.1, 0.15) is 0 Å². The van der Waals surface area contributed by atoms with Crippen LogP contribution in [0.25, 0.3) is 0 Å². The summed E-state index contributed by atoms with van der Waals surface area (Å²) in [6.07, 6.45) is 0. The van der Waals surface area contributed by atoms with E-state index in [-0.39, 0.29) is 11.8 Å². The molecule has 1 N–H and O–H groups in total. The molecule has 0 unspecified atom stereocenters. The zero-order valence-electron chi connectivity index (χ0n) is 13.2. The molecule has 0 saturated heterocycles. The van der Waals surface area contributed by atoms with Crippen LogP contribution in [-0.2, 0) is 4.79 Å². The van der Waals surface area contributed by atoms with Gasteiger partial charge in [0.15, 0.2) is 0 Å². The van der Waals surface area contributed by atoms with Crippen molar-refractivity contribution in [2.75, 3.05) is 24.2 Å². The Morgan fingerprint density at radius 3 is 2.61 bits per heavy atom. The van der Waals surface area contributed by atoms with Gasteiger partial charge in [0, 0.05) is 24.3 Å². The minimum absolute atomic E-state index is 0.0148. The Hall–Kier alpha value is -1.79. The topological polar surface area (TPSA) is 49.4 Å². The van der Waals surface area contributed by atoms with E-state index in [2.05, 4.69) is 5.32 Å². The highest BCUT2D eigenvalue weighted by molar-refractivity contribution is 8.01. The second-order valence-electron chi connectivity index (χ2n) is 4.83. The van der Waals surface area contributed by atoms with Gasteiger partial charge >= 0.3 is 0 Å². The van der Waals surface area contributed by atoms with E-state index < -0.39 is 0 Å². The molecule has 23 heavy (non-hydrogen) atoms. The second kappa shape index (κ2) is 8.74. The standard InChI is InChI=1S/C17H20N2O2S2/c1-3-19(4-2)17(21)13-7-5-8-14(11-13)18-15(20)12-23-16-9-6-10-22-16/h5-11H,3-4,12H2,1-2H3,(H,18,20). The Labute approximate surface area is 144 Å². The maximum Gasteiger partial charge on any atom is 0.253 e. The molecule has 0 bridgehead atoms.